The average molecular weight is 353 g/mol. The van der Waals surface area contributed by atoms with Crippen molar-refractivity contribution in [3.63, 3.8) is 0 Å². The molecule has 2 aromatic rings. The standard InChI is InChI=1S/C16H17F2N3O4/c1-23-10-5-4-9(17)14(18)13(10)15(22)19-7-6-12-20-16(25-21-12)11-3-2-8-24-11/h4-5,11H,2-3,6-8H2,1H3,(H,19,22)/t11-/m0/s1. The second-order valence-corrected chi connectivity index (χ2v) is 5.50. The van der Waals surface area contributed by atoms with Gasteiger partial charge in [-0.1, -0.05) is 5.16 Å². The largest absolute Gasteiger partial charge is 0.496 e. The van der Waals surface area contributed by atoms with Crippen LogP contribution in [0, 0.1) is 11.6 Å². The van der Waals surface area contributed by atoms with Crippen LogP contribution in [0.15, 0.2) is 16.7 Å². The zero-order chi connectivity index (χ0) is 17.8. The van der Waals surface area contributed by atoms with Crippen molar-refractivity contribution in [2.24, 2.45) is 0 Å². The Labute approximate surface area is 142 Å². The van der Waals surface area contributed by atoms with Crippen molar-refractivity contribution in [2.75, 3.05) is 20.3 Å². The molecule has 1 saturated heterocycles. The minimum atomic E-state index is -1.25. The van der Waals surface area contributed by atoms with Gasteiger partial charge in [-0.2, -0.15) is 4.98 Å². The number of amides is 1. The molecule has 0 spiro atoms. The van der Waals surface area contributed by atoms with Crippen molar-refractivity contribution in [1.82, 2.24) is 15.5 Å². The Balaban J connectivity index is 1.59. The minimum Gasteiger partial charge on any atom is -0.496 e. The number of carbonyl (C=O) groups excluding carboxylic acids is 1. The number of ether oxygens (including phenoxy) is 2. The number of methoxy groups -OCH3 is 1. The third kappa shape index (κ3) is 3.76. The van der Waals surface area contributed by atoms with Crippen molar-refractivity contribution in [3.05, 3.63) is 41.0 Å². The first-order valence-electron chi connectivity index (χ1n) is 7.84. The van der Waals surface area contributed by atoms with E-state index in [4.69, 9.17) is 14.0 Å². The van der Waals surface area contributed by atoms with Crippen molar-refractivity contribution >= 4 is 5.91 Å². The fourth-order valence-corrected chi connectivity index (χ4v) is 2.56. The van der Waals surface area contributed by atoms with Gasteiger partial charge in [0.15, 0.2) is 17.5 Å². The number of rotatable bonds is 6. The Hall–Kier alpha value is -2.55. The molecule has 3 rings (SSSR count). The average Bonchev–Trinajstić information content (AvgIpc) is 3.28. The summed E-state index contributed by atoms with van der Waals surface area (Å²) in [4.78, 5) is 16.3. The molecule has 9 heteroatoms. The molecule has 0 bridgehead atoms. The van der Waals surface area contributed by atoms with Gasteiger partial charge in [-0.15, -0.1) is 0 Å². The van der Waals surface area contributed by atoms with E-state index in [1.165, 1.54) is 13.2 Å². The highest BCUT2D eigenvalue weighted by Crippen LogP contribution is 2.27. The second kappa shape index (κ2) is 7.56. The molecular formula is C16H17F2N3O4. The molecule has 25 heavy (non-hydrogen) atoms. The number of halogens is 2. The SMILES string of the molecule is COc1ccc(F)c(F)c1C(=O)NCCc1noc([C@@H]2CCCO2)n1. The van der Waals surface area contributed by atoms with E-state index in [-0.39, 0.29) is 24.8 Å². The third-order valence-electron chi connectivity index (χ3n) is 3.83. The zero-order valence-electron chi connectivity index (χ0n) is 13.6. The van der Waals surface area contributed by atoms with Crippen molar-refractivity contribution < 1.29 is 27.6 Å². The molecule has 7 nitrogen and oxygen atoms in total. The highest BCUT2D eigenvalue weighted by Gasteiger charge is 2.24. The van der Waals surface area contributed by atoms with Crippen LogP contribution >= 0.6 is 0 Å². The quantitative estimate of drug-likeness (QED) is 0.857. The molecular weight excluding hydrogens is 336 g/mol. The second-order valence-electron chi connectivity index (χ2n) is 5.50. The third-order valence-corrected chi connectivity index (χ3v) is 3.83. The summed E-state index contributed by atoms with van der Waals surface area (Å²) in [6.45, 7) is 0.794. The summed E-state index contributed by atoms with van der Waals surface area (Å²) in [5.74, 6) is -2.38. The molecule has 1 amide bonds. The fraction of sp³-hybridized carbons (Fsp3) is 0.438. The number of nitrogens with one attached hydrogen (secondary N) is 1. The van der Waals surface area contributed by atoms with Crippen molar-refractivity contribution in [2.45, 2.75) is 25.4 Å². The van der Waals surface area contributed by atoms with Gasteiger partial charge in [0.05, 0.1) is 7.11 Å². The number of carbonyl (C=O) groups is 1. The fourth-order valence-electron chi connectivity index (χ4n) is 2.56. The summed E-state index contributed by atoms with van der Waals surface area (Å²) in [7, 11) is 1.27. The Morgan fingerprint density at radius 1 is 1.44 bits per heavy atom. The molecule has 0 unspecified atom stereocenters. The first-order valence-corrected chi connectivity index (χ1v) is 7.84. The molecule has 2 heterocycles. The predicted molar refractivity (Wildman–Crippen MR) is 81.2 cm³/mol. The van der Waals surface area contributed by atoms with Gasteiger partial charge in [-0.3, -0.25) is 4.79 Å². The molecule has 1 atom stereocenters. The van der Waals surface area contributed by atoms with Crippen LogP contribution in [0.3, 0.4) is 0 Å². The highest BCUT2D eigenvalue weighted by atomic mass is 19.2. The van der Waals surface area contributed by atoms with E-state index in [9.17, 15) is 13.6 Å². The monoisotopic (exact) mass is 353 g/mol. The van der Waals surface area contributed by atoms with E-state index < -0.39 is 23.1 Å². The maximum Gasteiger partial charge on any atom is 0.258 e. The van der Waals surface area contributed by atoms with Crippen LogP contribution in [0.1, 0.15) is 41.0 Å². The maximum atomic E-state index is 13.9. The molecule has 0 radical (unpaired) electrons. The predicted octanol–water partition coefficient (Wildman–Crippen LogP) is 2.18. The van der Waals surface area contributed by atoms with E-state index in [1.54, 1.807) is 0 Å². The molecule has 0 saturated carbocycles. The first kappa shape index (κ1) is 17.3. The van der Waals surface area contributed by atoms with Crippen LogP contribution in [-0.4, -0.2) is 36.3 Å². The van der Waals surface area contributed by atoms with E-state index in [1.807, 2.05) is 0 Å². The lowest BCUT2D eigenvalue weighted by atomic mass is 10.1. The molecule has 1 N–H and O–H groups in total. The van der Waals surface area contributed by atoms with E-state index in [0.717, 1.165) is 18.9 Å². The number of benzene rings is 1. The molecule has 1 fully saturated rings. The van der Waals surface area contributed by atoms with Crippen LogP contribution in [0.25, 0.3) is 0 Å². The summed E-state index contributed by atoms with van der Waals surface area (Å²) < 4.78 is 42.7. The summed E-state index contributed by atoms with van der Waals surface area (Å²) in [6.07, 6.45) is 1.87. The van der Waals surface area contributed by atoms with E-state index in [0.29, 0.717) is 18.3 Å². The van der Waals surface area contributed by atoms with Crippen LogP contribution < -0.4 is 10.1 Å². The van der Waals surface area contributed by atoms with Crippen LogP contribution in [0.4, 0.5) is 8.78 Å². The number of hydrogen-bond donors (Lipinski definition) is 1. The van der Waals surface area contributed by atoms with Gasteiger partial charge in [0.1, 0.15) is 17.4 Å². The Morgan fingerprint density at radius 2 is 2.28 bits per heavy atom. The molecule has 134 valence electrons. The molecule has 0 aliphatic carbocycles. The number of nitrogens with zero attached hydrogens (tertiary/aromatic N) is 2. The van der Waals surface area contributed by atoms with E-state index >= 15 is 0 Å². The molecule has 1 aliphatic rings. The van der Waals surface area contributed by atoms with Crippen molar-refractivity contribution in [3.8, 4) is 5.75 Å². The van der Waals surface area contributed by atoms with Gasteiger partial charge in [0.2, 0.25) is 0 Å². The summed E-state index contributed by atoms with van der Waals surface area (Å²) >= 11 is 0. The van der Waals surface area contributed by atoms with Gasteiger partial charge in [0, 0.05) is 19.6 Å². The topological polar surface area (TPSA) is 86.5 Å². The summed E-state index contributed by atoms with van der Waals surface area (Å²) in [5.41, 5.74) is -0.476. The molecule has 1 aromatic carbocycles. The highest BCUT2D eigenvalue weighted by molar-refractivity contribution is 5.97. The van der Waals surface area contributed by atoms with Crippen LogP contribution in [0.2, 0.25) is 0 Å². The number of hydrogen-bond acceptors (Lipinski definition) is 6. The van der Waals surface area contributed by atoms with Gasteiger partial charge >= 0.3 is 0 Å². The maximum absolute atomic E-state index is 13.9. The lowest BCUT2D eigenvalue weighted by Crippen LogP contribution is -2.27. The summed E-state index contributed by atoms with van der Waals surface area (Å²) in [5, 5.41) is 6.31. The van der Waals surface area contributed by atoms with Gasteiger partial charge in [-0.25, -0.2) is 8.78 Å². The summed E-state index contributed by atoms with van der Waals surface area (Å²) in [6, 6.07) is 2.09. The lowest BCUT2D eigenvalue weighted by molar-refractivity contribution is 0.0835. The van der Waals surface area contributed by atoms with Gasteiger partial charge in [0.25, 0.3) is 11.8 Å². The molecule has 1 aromatic heterocycles. The molecule has 1 aliphatic heterocycles. The van der Waals surface area contributed by atoms with E-state index in [2.05, 4.69) is 15.5 Å². The van der Waals surface area contributed by atoms with Crippen molar-refractivity contribution in [1.29, 1.82) is 0 Å². The van der Waals surface area contributed by atoms with Crippen LogP contribution in [-0.2, 0) is 11.2 Å². The zero-order valence-corrected chi connectivity index (χ0v) is 13.6. The first-order chi connectivity index (χ1) is 12.1. The van der Waals surface area contributed by atoms with Gasteiger partial charge in [-0.05, 0) is 25.0 Å². The number of aromatic nitrogens is 2. The minimum absolute atomic E-state index is 0.0448. The smallest absolute Gasteiger partial charge is 0.258 e. The Morgan fingerprint density at radius 3 is 3.00 bits per heavy atom. The lowest BCUT2D eigenvalue weighted by Gasteiger charge is -2.10. The Bertz CT molecular complexity index is 760. The van der Waals surface area contributed by atoms with Crippen LogP contribution in [0.5, 0.6) is 5.75 Å². The van der Waals surface area contributed by atoms with Gasteiger partial charge < -0.3 is 19.3 Å². The Kier molecular flexibility index (Phi) is 5.22. The normalized spacial score (nSPS) is 16.8.